The molecule has 3 aromatic rings. The number of allylic oxidation sites excluding steroid dienone is 1. The Hall–Kier alpha value is -2.20. The summed E-state index contributed by atoms with van der Waals surface area (Å²) >= 11 is 17.6. The summed E-state index contributed by atoms with van der Waals surface area (Å²) in [7, 11) is 0. The predicted molar refractivity (Wildman–Crippen MR) is 156 cm³/mol. The Bertz CT molecular complexity index is 1350. The Labute approximate surface area is 245 Å². The number of thioether (sulfide) groups is 1. The van der Waals surface area contributed by atoms with Gasteiger partial charge in [-0.3, -0.25) is 0 Å². The van der Waals surface area contributed by atoms with E-state index in [1.807, 2.05) is 31.2 Å². The molecule has 1 N–H and O–H groups in total. The molecule has 1 aliphatic rings. The van der Waals surface area contributed by atoms with E-state index >= 15 is 0 Å². The van der Waals surface area contributed by atoms with Crippen molar-refractivity contribution in [2.45, 2.75) is 57.8 Å². The number of rotatable bonds is 11. The van der Waals surface area contributed by atoms with E-state index < -0.39 is 12.0 Å². The van der Waals surface area contributed by atoms with Gasteiger partial charge in [0.1, 0.15) is 18.4 Å². The third-order valence-corrected chi connectivity index (χ3v) is 8.01. The monoisotopic (exact) mass is 638 g/mol. The molecule has 0 aliphatic carbocycles. The lowest BCUT2D eigenvalue weighted by atomic mass is 9.95. The molecule has 1 aromatic heterocycles. The summed E-state index contributed by atoms with van der Waals surface area (Å²) in [5.74, 6) is 1.63. The third-order valence-electron chi connectivity index (χ3n) is 5.88. The first-order valence-electron chi connectivity index (χ1n) is 12.4. The van der Waals surface area contributed by atoms with Crippen LogP contribution in [0.1, 0.15) is 57.2 Å². The zero-order valence-electron chi connectivity index (χ0n) is 21.4. The van der Waals surface area contributed by atoms with Crippen LogP contribution in [0.5, 0.6) is 5.75 Å². The summed E-state index contributed by atoms with van der Waals surface area (Å²) in [6, 6.07) is 10.4. The fourth-order valence-electron chi connectivity index (χ4n) is 3.98. The fraction of sp³-hybridized carbons (Fsp3) is 0.370. The van der Waals surface area contributed by atoms with E-state index in [4.69, 9.17) is 37.8 Å². The molecule has 0 spiro atoms. The van der Waals surface area contributed by atoms with Gasteiger partial charge in [-0.05, 0) is 50.1 Å². The number of esters is 1. The lowest BCUT2D eigenvalue weighted by Gasteiger charge is -2.29. The van der Waals surface area contributed by atoms with E-state index in [0.717, 1.165) is 40.6 Å². The summed E-state index contributed by atoms with van der Waals surface area (Å²) in [6.45, 7) is 6.58. The minimum Gasteiger partial charge on any atom is -0.488 e. The molecule has 4 rings (SSSR count). The van der Waals surface area contributed by atoms with E-state index in [-0.39, 0.29) is 6.61 Å². The molecule has 11 heteroatoms. The molecule has 0 amide bonds. The molecule has 2 heterocycles. The van der Waals surface area contributed by atoms with Gasteiger partial charge in [0.15, 0.2) is 0 Å². The van der Waals surface area contributed by atoms with Crippen molar-refractivity contribution in [1.29, 1.82) is 0 Å². The Morgan fingerprint density at radius 3 is 2.74 bits per heavy atom. The van der Waals surface area contributed by atoms with Crippen LogP contribution in [0.4, 0.5) is 5.95 Å². The largest absolute Gasteiger partial charge is 0.488 e. The summed E-state index contributed by atoms with van der Waals surface area (Å²) in [4.78, 5) is 18.1. The maximum atomic E-state index is 13.4. The fourth-order valence-corrected chi connectivity index (χ4v) is 5.51. The highest BCUT2D eigenvalue weighted by molar-refractivity contribution is 9.10. The smallest absolute Gasteiger partial charge is 0.338 e. The summed E-state index contributed by atoms with van der Waals surface area (Å²) in [5.41, 5.74) is 2.65. The summed E-state index contributed by atoms with van der Waals surface area (Å²) in [6.07, 6.45) is 2.71. The van der Waals surface area contributed by atoms with Gasteiger partial charge in [-0.25, -0.2) is 9.48 Å². The Balaban J connectivity index is 1.77. The summed E-state index contributed by atoms with van der Waals surface area (Å²) in [5, 5.41) is 9.75. The number of anilines is 1. The molecule has 1 aliphatic heterocycles. The topological polar surface area (TPSA) is 78.3 Å². The van der Waals surface area contributed by atoms with Crippen molar-refractivity contribution in [2.24, 2.45) is 0 Å². The molecule has 202 valence electrons. The molecular weight excluding hydrogens is 611 g/mol. The summed E-state index contributed by atoms with van der Waals surface area (Å²) < 4.78 is 14.5. The van der Waals surface area contributed by atoms with Gasteiger partial charge in [0.2, 0.25) is 11.1 Å². The number of hydrogen-bond donors (Lipinski definition) is 1. The van der Waals surface area contributed by atoms with Crippen LogP contribution in [-0.4, -0.2) is 33.1 Å². The van der Waals surface area contributed by atoms with Gasteiger partial charge < -0.3 is 14.8 Å². The lowest BCUT2D eigenvalue weighted by molar-refractivity contribution is -0.139. The van der Waals surface area contributed by atoms with Crippen molar-refractivity contribution in [2.75, 3.05) is 17.7 Å². The molecule has 7 nitrogen and oxygen atoms in total. The van der Waals surface area contributed by atoms with Crippen LogP contribution in [0.15, 0.2) is 57.3 Å². The van der Waals surface area contributed by atoms with Crippen molar-refractivity contribution in [3.63, 3.8) is 0 Å². The van der Waals surface area contributed by atoms with Crippen LogP contribution >= 0.6 is 50.9 Å². The van der Waals surface area contributed by atoms with E-state index in [1.165, 1.54) is 0 Å². The molecule has 2 aromatic carbocycles. The normalized spacial score (nSPS) is 14.7. The third kappa shape index (κ3) is 6.68. The van der Waals surface area contributed by atoms with E-state index in [2.05, 4.69) is 40.1 Å². The number of unbranched alkanes of at least 4 members (excludes halogenated alkanes) is 1. The van der Waals surface area contributed by atoms with Crippen LogP contribution in [0.2, 0.25) is 10.0 Å². The molecule has 0 bridgehead atoms. The van der Waals surface area contributed by atoms with Crippen molar-refractivity contribution >= 4 is 62.8 Å². The second-order valence-corrected chi connectivity index (χ2v) is 11.6. The number of fused-ring (bicyclic) bond motifs is 1. The first-order chi connectivity index (χ1) is 18.3. The van der Waals surface area contributed by atoms with Crippen molar-refractivity contribution in [1.82, 2.24) is 14.8 Å². The SMILES string of the molecule is CCCCOC(=O)C1=C(C)Nc2nc(SCCC)nn2C1c1cc(Br)ccc1OCc1ccc(Cl)cc1Cl. The minimum atomic E-state index is -0.614. The lowest BCUT2D eigenvalue weighted by Crippen LogP contribution is -2.30. The second kappa shape index (κ2) is 13.2. The average Bonchev–Trinajstić information content (AvgIpc) is 3.29. The number of benzene rings is 2. The maximum Gasteiger partial charge on any atom is 0.338 e. The molecule has 0 saturated carbocycles. The van der Waals surface area contributed by atoms with E-state index in [9.17, 15) is 4.79 Å². The number of ether oxygens (including phenoxy) is 2. The average molecular weight is 640 g/mol. The van der Waals surface area contributed by atoms with Crippen LogP contribution in [0, 0.1) is 0 Å². The standard InChI is InChI=1S/C27H29BrCl2N4O3S/c1-4-6-11-36-25(35)23-16(3)31-26-32-27(38-12-5-2)33-34(26)24(23)20-13-18(28)8-10-22(20)37-15-17-7-9-19(29)14-21(17)30/h7-10,13-14,24H,4-6,11-12,15H2,1-3H3,(H,31,32,33). The zero-order valence-corrected chi connectivity index (χ0v) is 25.3. The number of carbonyl (C=O) groups excluding carboxylic acids is 1. The van der Waals surface area contributed by atoms with Crippen LogP contribution in [0.25, 0.3) is 0 Å². The first kappa shape index (κ1) is 28.8. The quantitative estimate of drug-likeness (QED) is 0.129. The van der Waals surface area contributed by atoms with Crippen LogP contribution in [-0.2, 0) is 16.1 Å². The van der Waals surface area contributed by atoms with E-state index in [1.54, 1.807) is 28.6 Å². The second-order valence-electron chi connectivity index (χ2n) is 8.77. The van der Waals surface area contributed by atoms with Gasteiger partial charge in [0, 0.05) is 37.1 Å². The van der Waals surface area contributed by atoms with Gasteiger partial charge in [-0.1, -0.05) is 77.2 Å². The van der Waals surface area contributed by atoms with Crippen molar-refractivity contribution in [3.05, 3.63) is 73.3 Å². The van der Waals surface area contributed by atoms with E-state index in [0.29, 0.717) is 44.8 Å². The van der Waals surface area contributed by atoms with Crippen molar-refractivity contribution < 1.29 is 14.3 Å². The van der Waals surface area contributed by atoms with Gasteiger partial charge in [-0.2, -0.15) is 4.98 Å². The highest BCUT2D eigenvalue weighted by Gasteiger charge is 2.37. The molecule has 0 radical (unpaired) electrons. The number of nitrogens with zero attached hydrogens (tertiary/aromatic N) is 3. The number of carbonyl (C=O) groups is 1. The van der Waals surface area contributed by atoms with Gasteiger partial charge in [-0.15, -0.1) is 5.10 Å². The molecular formula is C27H29BrCl2N4O3S. The van der Waals surface area contributed by atoms with Gasteiger partial charge in [0.05, 0.1) is 12.2 Å². The highest BCUT2D eigenvalue weighted by atomic mass is 79.9. The molecule has 38 heavy (non-hydrogen) atoms. The van der Waals surface area contributed by atoms with Gasteiger partial charge >= 0.3 is 5.97 Å². The highest BCUT2D eigenvalue weighted by Crippen LogP contribution is 2.41. The predicted octanol–water partition coefficient (Wildman–Crippen LogP) is 8.06. The first-order valence-corrected chi connectivity index (χ1v) is 15.0. The number of aromatic nitrogens is 3. The zero-order chi connectivity index (χ0) is 27.2. The molecule has 0 saturated heterocycles. The maximum absolute atomic E-state index is 13.4. The number of nitrogens with one attached hydrogen (secondary N) is 1. The minimum absolute atomic E-state index is 0.219. The Kier molecular flexibility index (Phi) is 10.0. The molecule has 0 fully saturated rings. The Morgan fingerprint density at radius 1 is 1.18 bits per heavy atom. The Morgan fingerprint density at radius 2 is 2.00 bits per heavy atom. The van der Waals surface area contributed by atoms with Gasteiger partial charge in [0.25, 0.3) is 0 Å². The van der Waals surface area contributed by atoms with Crippen LogP contribution < -0.4 is 10.1 Å². The number of halogens is 3. The van der Waals surface area contributed by atoms with Crippen LogP contribution in [0.3, 0.4) is 0 Å². The number of hydrogen-bond acceptors (Lipinski definition) is 7. The molecule has 1 atom stereocenters. The molecule has 1 unspecified atom stereocenters. The van der Waals surface area contributed by atoms with Crippen molar-refractivity contribution in [3.8, 4) is 5.75 Å².